The van der Waals surface area contributed by atoms with Crippen LogP contribution >= 0.6 is 69.6 Å². The van der Waals surface area contributed by atoms with Gasteiger partial charge in [-0.3, -0.25) is 28.8 Å². The molecule has 2 unspecified atom stereocenters. The summed E-state index contributed by atoms with van der Waals surface area (Å²) in [5.41, 5.74) is 4.27. The normalized spacial score (nSPS) is 11.3. The number of carbonyl (C=O) groups excluding carboxylic acids is 7. The molecule has 8 rings (SSSR count). The summed E-state index contributed by atoms with van der Waals surface area (Å²) in [6, 6.07) is 41.3. The molecule has 0 saturated carbocycles. The zero-order valence-electron chi connectivity index (χ0n) is 45.4. The van der Waals surface area contributed by atoms with Crippen molar-refractivity contribution >= 4 is 128 Å². The lowest BCUT2D eigenvalue weighted by Crippen LogP contribution is -2.43. The van der Waals surface area contributed by atoms with E-state index >= 15 is 0 Å². The lowest BCUT2D eigenvalue weighted by atomic mass is 10.0. The maximum absolute atomic E-state index is 13.1. The highest BCUT2D eigenvalue weighted by molar-refractivity contribution is 6.41. The van der Waals surface area contributed by atoms with Gasteiger partial charge in [0.05, 0.1) is 59.5 Å². The molecular weight excluding hydrogens is 1250 g/mol. The first kappa shape index (κ1) is 65.4. The van der Waals surface area contributed by atoms with Crippen LogP contribution in [-0.2, 0) is 40.3 Å². The third kappa shape index (κ3) is 18.4. The summed E-state index contributed by atoms with van der Waals surface area (Å²) in [6.07, 6.45) is 0.0227. The van der Waals surface area contributed by atoms with Crippen LogP contribution in [0, 0.1) is 0 Å². The van der Waals surface area contributed by atoms with Gasteiger partial charge in [-0.15, -0.1) is 0 Å². The molecule has 24 heteroatoms. The van der Waals surface area contributed by atoms with E-state index in [1.807, 2.05) is 0 Å². The Kier molecular flexibility index (Phi) is 23.1. The van der Waals surface area contributed by atoms with Crippen molar-refractivity contribution in [3.05, 3.63) is 256 Å². The minimum absolute atomic E-state index is 0.00579. The molecule has 0 aliphatic carbocycles. The number of carboxylic acid groups (broad SMARTS) is 1. The van der Waals surface area contributed by atoms with E-state index in [4.69, 9.17) is 74.3 Å². The number of rotatable bonds is 20. The highest BCUT2D eigenvalue weighted by atomic mass is 35.5. The van der Waals surface area contributed by atoms with Crippen molar-refractivity contribution in [2.75, 3.05) is 17.7 Å². The fourth-order valence-corrected chi connectivity index (χ4v) is 10.00. The summed E-state index contributed by atoms with van der Waals surface area (Å²) in [5.74, 6) is -5.02. The Balaban J connectivity index is 0.000000249. The monoisotopic (exact) mass is 1290 g/mol. The Hall–Kier alpha value is -9.14. The molecule has 0 radical (unpaired) electrons. The summed E-state index contributed by atoms with van der Waals surface area (Å²) in [6.45, 7) is 0.341. The maximum Gasteiger partial charge on any atom is 0.328 e. The van der Waals surface area contributed by atoms with E-state index in [9.17, 15) is 53.7 Å². The Bertz CT molecular complexity index is 3870. The molecule has 8 aromatic rings. The molecule has 446 valence electrons. The van der Waals surface area contributed by atoms with Crippen LogP contribution < -0.4 is 31.9 Å². The van der Waals surface area contributed by atoms with E-state index in [0.717, 1.165) is 0 Å². The molecule has 0 bridgehead atoms. The third-order valence-corrected chi connectivity index (χ3v) is 14.6. The number of phenolic OH excluding ortho intramolecular Hbond substituents is 2. The number of nitrogens with one attached hydrogen (secondary N) is 6. The van der Waals surface area contributed by atoms with Crippen molar-refractivity contribution in [2.24, 2.45) is 0 Å². The van der Waals surface area contributed by atoms with Gasteiger partial charge >= 0.3 is 11.9 Å². The van der Waals surface area contributed by atoms with Crippen LogP contribution in [0.25, 0.3) is 0 Å². The average Bonchev–Trinajstić information content (AvgIpc) is 3.53. The Morgan fingerprint density at radius 1 is 0.414 bits per heavy atom. The first-order chi connectivity index (χ1) is 41.6. The van der Waals surface area contributed by atoms with E-state index in [0.29, 0.717) is 33.6 Å². The van der Waals surface area contributed by atoms with Crippen LogP contribution in [0.15, 0.2) is 170 Å². The molecule has 87 heavy (non-hydrogen) atoms. The van der Waals surface area contributed by atoms with Crippen LogP contribution in [0.4, 0.5) is 11.4 Å². The van der Waals surface area contributed by atoms with Gasteiger partial charge in [0.1, 0.15) is 23.6 Å². The minimum Gasteiger partial charge on any atom is -0.508 e. The number of carboxylic acids is 1. The number of phenols is 2. The van der Waals surface area contributed by atoms with E-state index < -0.39 is 59.5 Å². The summed E-state index contributed by atoms with van der Waals surface area (Å²) in [4.78, 5) is 101. The number of halogens is 6. The van der Waals surface area contributed by atoms with Crippen molar-refractivity contribution in [1.82, 2.24) is 21.3 Å². The number of carbonyl (C=O) groups is 8. The number of anilines is 2. The molecule has 0 fully saturated rings. The van der Waals surface area contributed by atoms with Crippen molar-refractivity contribution in [1.29, 1.82) is 0 Å². The molecule has 0 aromatic heterocycles. The van der Waals surface area contributed by atoms with E-state index in [2.05, 4.69) is 31.9 Å². The number of amides is 6. The van der Waals surface area contributed by atoms with Gasteiger partial charge in [0.15, 0.2) is 0 Å². The Labute approximate surface area is 527 Å². The summed E-state index contributed by atoms with van der Waals surface area (Å²) < 4.78 is 4.88. The minimum atomic E-state index is -1.30. The fourth-order valence-electron chi connectivity index (χ4n) is 8.33. The topological polar surface area (TPSA) is 279 Å². The van der Waals surface area contributed by atoms with Crippen molar-refractivity contribution in [3.63, 3.8) is 0 Å². The molecular formula is C63H50Cl6N6O12. The first-order valence-corrected chi connectivity index (χ1v) is 28.2. The Morgan fingerprint density at radius 3 is 1.14 bits per heavy atom. The van der Waals surface area contributed by atoms with Gasteiger partial charge in [-0.05, 0) is 131 Å². The SMILES string of the molecule is COC(=O)C(Cc1ccc(NC(=O)c2c(Cl)cccc2Cl)cc1)NC(=O)c1ccc(C(=O)NCc2cccc(O)c2)cc1Cl.O=C(NCc1cccc(O)c1)c1ccc(C(=O)NC(Cc2ccc(NC(=O)c3c(Cl)cccc3Cl)cc2)C(=O)O)c(Cl)c1. The molecule has 18 nitrogen and oxygen atoms in total. The zero-order chi connectivity index (χ0) is 62.9. The van der Waals surface area contributed by atoms with Gasteiger partial charge in [-0.1, -0.05) is 130 Å². The van der Waals surface area contributed by atoms with E-state index in [1.54, 1.807) is 109 Å². The lowest BCUT2D eigenvalue weighted by molar-refractivity contribution is -0.143. The number of aliphatic carboxylic acids is 1. The van der Waals surface area contributed by atoms with Gasteiger partial charge in [-0.25, -0.2) is 9.59 Å². The number of hydrogen-bond donors (Lipinski definition) is 9. The average molecular weight is 1300 g/mol. The standard InChI is InChI=1S/C32H26Cl3N3O6.C31H24Cl3N3O6/c1-44-32(43)27(15-18-8-11-21(12-9-18)37-31(42)28-24(33)6-3-7-25(28)34)38-30(41)23-13-10-20(16-26(23)35)29(40)36-17-19-4-2-5-22(39)14-19;32-23-5-2-6-24(33)27(23)30(41)36-20-10-7-17(8-11-20)14-26(31(42)43)37-29(40)22-12-9-19(15-25(22)34)28(39)35-16-18-3-1-4-21(38)13-18/h2-14,16,27,39H,15,17H2,1H3,(H,36,40)(H,37,42)(H,38,41);1-13,15,26,38H,14,16H2,(H,35,39)(H,36,41)(H,37,40)(H,42,43). The quantitative estimate of drug-likeness (QED) is 0.0322. The maximum atomic E-state index is 13.1. The van der Waals surface area contributed by atoms with Gasteiger partial charge in [-0.2, -0.15) is 0 Å². The van der Waals surface area contributed by atoms with Crippen LogP contribution in [0.3, 0.4) is 0 Å². The highest BCUT2D eigenvalue weighted by Gasteiger charge is 2.26. The fraction of sp³-hybridized carbons (Fsp3) is 0.111. The summed E-state index contributed by atoms with van der Waals surface area (Å²) in [5, 5.41) is 45.6. The number of esters is 1. The lowest BCUT2D eigenvalue weighted by Gasteiger charge is -2.18. The smallest absolute Gasteiger partial charge is 0.328 e. The van der Waals surface area contributed by atoms with Gasteiger partial charge in [0, 0.05) is 48.4 Å². The molecule has 0 saturated heterocycles. The van der Waals surface area contributed by atoms with Crippen LogP contribution in [0.1, 0.15) is 84.4 Å². The van der Waals surface area contributed by atoms with Gasteiger partial charge in [0.25, 0.3) is 35.4 Å². The number of ether oxygens (including phenoxy) is 1. The number of methoxy groups -OCH3 is 1. The molecule has 9 N–H and O–H groups in total. The van der Waals surface area contributed by atoms with Gasteiger partial charge < -0.3 is 52.0 Å². The largest absolute Gasteiger partial charge is 0.508 e. The van der Waals surface area contributed by atoms with Gasteiger partial charge in [0.2, 0.25) is 0 Å². The Morgan fingerprint density at radius 2 is 0.782 bits per heavy atom. The second-order valence-electron chi connectivity index (χ2n) is 18.9. The summed E-state index contributed by atoms with van der Waals surface area (Å²) >= 11 is 37.0. The number of benzene rings is 8. The second-order valence-corrected chi connectivity index (χ2v) is 21.4. The van der Waals surface area contributed by atoms with Crippen LogP contribution in [0.2, 0.25) is 30.1 Å². The second kappa shape index (κ2) is 30.8. The molecule has 0 aliphatic rings. The molecule has 0 spiro atoms. The predicted molar refractivity (Wildman–Crippen MR) is 333 cm³/mol. The third-order valence-electron chi connectivity index (χ3n) is 12.8. The van der Waals surface area contributed by atoms with Crippen LogP contribution in [-0.4, -0.2) is 81.9 Å². The highest BCUT2D eigenvalue weighted by Crippen LogP contribution is 2.28. The molecule has 0 aliphatic heterocycles. The molecule has 6 amide bonds. The molecule has 0 heterocycles. The zero-order valence-corrected chi connectivity index (χ0v) is 50.0. The van der Waals surface area contributed by atoms with Crippen molar-refractivity contribution in [2.45, 2.75) is 38.0 Å². The molecule has 2 atom stereocenters. The summed E-state index contributed by atoms with van der Waals surface area (Å²) in [7, 11) is 1.21. The predicted octanol–water partition coefficient (Wildman–Crippen LogP) is 12.0. The number of aromatic hydroxyl groups is 2. The van der Waals surface area contributed by atoms with E-state index in [1.165, 1.54) is 67.8 Å². The van der Waals surface area contributed by atoms with Crippen molar-refractivity contribution < 1.29 is 58.4 Å². The number of hydrogen-bond acceptors (Lipinski definition) is 11. The molecule has 8 aromatic carbocycles. The first-order valence-electron chi connectivity index (χ1n) is 25.9. The van der Waals surface area contributed by atoms with Crippen LogP contribution in [0.5, 0.6) is 11.5 Å². The van der Waals surface area contributed by atoms with Crippen molar-refractivity contribution in [3.8, 4) is 11.5 Å². The van der Waals surface area contributed by atoms with E-state index in [-0.39, 0.29) is 101 Å².